The molecule has 0 aromatic heterocycles. The Morgan fingerprint density at radius 3 is 2.26 bits per heavy atom. The number of nitrogens with one attached hydrogen (secondary N) is 1. The Kier molecular flexibility index (Phi) is 5.01. The van der Waals surface area contributed by atoms with Gasteiger partial charge in [0.05, 0.1) is 0 Å². The normalized spacial score (nSPS) is 20.7. The topological polar surface area (TPSA) is 61.9 Å². The highest BCUT2D eigenvalue weighted by molar-refractivity contribution is 5.77. The molecule has 2 aliphatic heterocycles. The highest BCUT2D eigenvalue weighted by atomic mass is 16.5. The summed E-state index contributed by atoms with van der Waals surface area (Å²) in [6.45, 7) is 3.35. The predicted molar refractivity (Wildman–Crippen MR) is 70.8 cm³/mol. The summed E-state index contributed by atoms with van der Waals surface area (Å²) in [5.41, 5.74) is 0. The van der Waals surface area contributed by atoms with Gasteiger partial charge in [0.25, 0.3) is 0 Å². The molecule has 2 rings (SSSR count). The molecule has 0 spiro atoms. The third kappa shape index (κ3) is 3.83. The second kappa shape index (κ2) is 6.75. The van der Waals surface area contributed by atoms with Crippen molar-refractivity contribution >= 4 is 11.9 Å². The molecule has 2 heterocycles. The molecular formula is C13H23N3O3. The van der Waals surface area contributed by atoms with E-state index in [0.29, 0.717) is 0 Å². The second-order valence-electron chi connectivity index (χ2n) is 5.24. The molecule has 0 atom stereocenters. The van der Waals surface area contributed by atoms with E-state index in [2.05, 4.69) is 5.32 Å². The van der Waals surface area contributed by atoms with Crippen LogP contribution in [-0.2, 0) is 9.53 Å². The lowest BCUT2D eigenvalue weighted by Gasteiger charge is -2.34. The lowest BCUT2D eigenvalue weighted by Crippen LogP contribution is -2.50. The van der Waals surface area contributed by atoms with Gasteiger partial charge in [0, 0.05) is 39.3 Å². The molecule has 0 aromatic rings. The standard InChI is InChI=1S/C13H23N3O3/c1-19-10-12(17)14-11-4-8-16(9-5-11)13(18)15-6-2-3-7-15/h11H,2-10H2,1H3,(H,14,17). The summed E-state index contributed by atoms with van der Waals surface area (Å²) in [5.74, 6) is -0.0770. The zero-order chi connectivity index (χ0) is 13.7. The maximum absolute atomic E-state index is 12.2. The Morgan fingerprint density at radius 1 is 1.11 bits per heavy atom. The van der Waals surface area contributed by atoms with Gasteiger partial charge in [-0.05, 0) is 25.7 Å². The number of carbonyl (C=O) groups excluding carboxylic acids is 2. The first-order valence-corrected chi connectivity index (χ1v) is 7.03. The number of rotatable bonds is 3. The van der Waals surface area contributed by atoms with Crippen molar-refractivity contribution in [2.45, 2.75) is 31.7 Å². The number of carbonyl (C=O) groups is 2. The molecule has 6 heteroatoms. The third-order valence-electron chi connectivity index (χ3n) is 3.78. The minimum Gasteiger partial charge on any atom is -0.375 e. The summed E-state index contributed by atoms with van der Waals surface area (Å²) in [5, 5.41) is 2.93. The lowest BCUT2D eigenvalue weighted by atomic mass is 10.1. The minimum absolute atomic E-state index is 0.0770. The Labute approximate surface area is 114 Å². The smallest absolute Gasteiger partial charge is 0.319 e. The van der Waals surface area contributed by atoms with Crippen LogP contribution < -0.4 is 5.32 Å². The SMILES string of the molecule is COCC(=O)NC1CCN(C(=O)N2CCCC2)CC1. The summed E-state index contributed by atoms with van der Waals surface area (Å²) < 4.78 is 4.79. The molecule has 2 saturated heterocycles. The van der Waals surface area contributed by atoms with Crippen LogP contribution in [0.25, 0.3) is 0 Å². The monoisotopic (exact) mass is 269 g/mol. The first-order chi connectivity index (χ1) is 9.20. The van der Waals surface area contributed by atoms with Crippen molar-refractivity contribution in [2.24, 2.45) is 0 Å². The van der Waals surface area contributed by atoms with E-state index in [9.17, 15) is 9.59 Å². The quantitative estimate of drug-likeness (QED) is 0.808. The van der Waals surface area contributed by atoms with E-state index in [1.54, 1.807) is 0 Å². The van der Waals surface area contributed by atoms with Crippen molar-refractivity contribution in [3.63, 3.8) is 0 Å². The molecule has 0 aromatic carbocycles. The van der Waals surface area contributed by atoms with Crippen molar-refractivity contribution in [1.29, 1.82) is 0 Å². The van der Waals surface area contributed by atoms with E-state index < -0.39 is 0 Å². The van der Waals surface area contributed by atoms with Crippen LogP contribution >= 0.6 is 0 Å². The zero-order valence-electron chi connectivity index (χ0n) is 11.6. The Bertz CT molecular complexity index is 321. The molecule has 6 nitrogen and oxygen atoms in total. The fourth-order valence-electron chi connectivity index (χ4n) is 2.72. The van der Waals surface area contributed by atoms with E-state index in [1.807, 2.05) is 9.80 Å². The highest BCUT2D eigenvalue weighted by Crippen LogP contribution is 2.15. The molecule has 19 heavy (non-hydrogen) atoms. The van der Waals surface area contributed by atoms with Crippen molar-refractivity contribution < 1.29 is 14.3 Å². The van der Waals surface area contributed by atoms with E-state index in [4.69, 9.17) is 4.74 Å². The number of hydrogen-bond acceptors (Lipinski definition) is 3. The number of piperidine rings is 1. The van der Waals surface area contributed by atoms with Crippen molar-refractivity contribution in [3.05, 3.63) is 0 Å². The van der Waals surface area contributed by atoms with E-state index in [-0.39, 0.29) is 24.6 Å². The number of methoxy groups -OCH3 is 1. The lowest BCUT2D eigenvalue weighted by molar-refractivity contribution is -0.125. The predicted octanol–water partition coefficient (Wildman–Crippen LogP) is 0.429. The Balaban J connectivity index is 1.72. The number of nitrogens with zero attached hydrogens (tertiary/aromatic N) is 2. The van der Waals surface area contributed by atoms with Gasteiger partial charge in [-0.1, -0.05) is 0 Å². The highest BCUT2D eigenvalue weighted by Gasteiger charge is 2.28. The van der Waals surface area contributed by atoms with Gasteiger partial charge < -0.3 is 19.9 Å². The Hall–Kier alpha value is -1.30. The van der Waals surface area contributed by atoms with Gasteiger partial charge in [-0.25, -0.2) is 4.79 Å². The van der Waals surface area contributed by atoms with Crippen LogP contribution in [0.4, 0.5) is 4.79 Å². The van der Waals surface area contributed by atoms with Crippen molar-refractivity contribution in [1.82, 2.24) is 15.1 Å². The molecule has 0 unspecified atom stereocenters. The largest absolute Gasteiger partial charge is 0.375 e. The average Bonchev–Trinajstić information content (AvgIpc) is 2.93. The van der Waals surface area contributed by atoms with Crippen LogP contribution in [0.15, 0.2) is 0 Å². The number of hydrogen-bond donors (Lipinski definition) is 1. The summed E-state index contributed by atoms with van der Waals surface area (Å²) in [6, 6.07) is 0.337. The van der Waals surface area contributed by atoms with E-state index in [1.165, 1.54) is 7.11 Å². The molecule has 2 aliphatic rings. The van der Waals surface area contributed by atoms with Gasteiger partial charge in [-0.2, -0.15) is 0 Å². The second-order valence-corrected chi connectivity index (χ2v) is 5.24. The maximum atomic E-state index is 12.2. The number of urea groups is 1. The van der Waals surface area contributed by atoms with Crippen LogP contribution in [0.5, 0.6) is 0 Å². The molecule has 108 valence electrons. The summed E-state index contributed by atoms with van der Waals surface area (Å²) in [7, 11) is 1.51. The van der Waals surface area contributed by atoms with Gasteiger partial charge >= 0.3 is 6.03 Å². The van der Waals surface area contributed by atoms with Gasteiger partial charge in [0.2, 0.25) is 5.91 Å². The summed E-state index contributed by atoms with van der Waals surface area (Å²) in [6.07, 6.45) is 3.90. The Morgan fingerprint density at radius 2 is 1.68 bits per heavy atom. The van der Waals surface area contributed by atoms with Crippen LogP contribution in [0.2, 0.25) is 0 Å². The van der Waals surface area contributed by atoms with Gasteiger partial charge in [-0.15, -0.1) is 0 Å². The van der Waals surface area contributed by atoms with Crippen LogP contribution in [0.1, 0.15) is 25.7 Å². The fourth-order valence-corrected chi connectivity index (χ4v) is 2.72. The number of ether oxygens (including phenoxy) is 1. The maximum Gasteiger partial charge on any atom is 0.319 e. The molecule has 1 N–H and O–H groups in total. The van der Waals surface area contributed by atoms with E-state index in [0.717, 1.165) is 51.9 Å². The van der Waals surface area contributed by atoms with Crippen LogP contribution in [-0.4, -0.2) is 67.7 Å². The number of likely N-dealkylation sites (tertiary alicyclic amines) is 2. The molecule has 0 saturated carbocycles. The first-order valence-electron chi connectivity index (χ1n) is 7.03. The first kappa shape index (κ1) is 14.1. The van der Waals surface area contributed by atoms with Gasteiger partial charge in [0.15, 0.2) is 0 Å². The van der Waals surface area contributed by atoms with Crippen LogP contribution in [0.3, 0.4) is 0 Å². The average molecular weight is 269 g/mol. The van der Waals surface area contributed by atoms with E-state index >= 15 is 0 Å². The summed E-state index contributed by atoms with van der Waals surface area (Å²) in [4.78, 5) is 27.4. The number of amides is 3. The summed E-state index contributed by atoms with van der Waals surface area (Å²) >= 11 is 0. The fraction of sp³-hybridized carbons (Fsp3) is 0.846. The molecule has 0 bridgehead atoms. The van der Waals surface area contributed by atoms with Crippen molar-refractivity contribution in [2.75, 3.05) is 39.9 Å². The molecule has 0 radical (unpaired) electrons. The minimum atomic E-state index is -0.0770. The molecular weight excluding hydrogens is 246 g/mol. The van der Waals surface area contributed by atoms with Crippen LogP contribution in [0, 0.1) is 0 Å². The van der Waals surface area contributed by atoms with Crippen molar-refractivity contribution in [3.8, 4) is 0 Å². The molecule has 3 amide bonds. The molecule has 0 aliphatic carbocycles. The van der Waals surface area contributed by atoms with Gasteiger partial charge in [0.1, 0.15) is 6.61 Å². The molecule has 2 fully saturated rings. The zero-order valence-corrected chi connectivity index (χ0v) is 11.6. The third-order valence-corrected chi connectivity index (χ3v) is 3.78. The van der Waals surface area contributed by atoms with Gasteiger partial charge in [-0.3, -0.25) is 4.79 Å².